The van der Waals surface area contributed by atoms with E-state index in [0.29, 0.717) is 11.7 Å². The number of hydrogen-bond donors (Lipinski definition) is 1. The molecule has 2 rings (SSSR count). The molecule has 6 nitrogen and oxygen atoms in total. The average Bonchev–Trinajstić information content (AvgIpc) is 2.47. The highest BCUT2D eigenvalue weighted by Crippen LogP contribution is 2.20. The number of anilines is 2. The van der Waals surface area contributed by atoms with Gasteiger partial charge < -0.3 is 4.90 Å². The van der Waals surface area contributed by atoms with Gasteiger partial charge in [-0.05, 0) is 38.1 Å². The molecule has 0 spiro atoms. The topological polar surface area (TPSA) is 55.9 Å². The van der Waals surface area contributed by atoms with Gasteiger partial charge in [-0.15, -0.1) is 0 Å². The molecule has 124 valence electrons. The van der Waals surface area contributed by atoms with Crippen LogP contribution in [-0.4, -0.2) is 63.9 Å². The maximum atomic E-state index is 11.8. The van der Waals surface area contributed by atoms with Crippen LogP contribution in [0.1, 0.15) is 13.8 Å². The van der Waals surface area contributed by atoms with Gasteiger partial charge >= 0.3 is 10.2 Å². The van der Waals surface area contributed by atoms with E-state index in [4.69, 9.17) is 0 Å². The zero-order valence-corrected chi connectivity index (χ0v) is 14.6. The summed E-state index contributed by atoms with van der Waals surface area (Å²) in [5.41, 5.74) is 1.72. The molecule has 1 aliphatic rings. The van der Waals surface area contributed by atoms with E-state index >= 15 is 0 Å². The third-order valence-electron chi connectivity index (χ3n) is 4.00. The Kier molecular flexibility index (Phi) is 5.31. The summed E-state index contributed by atoms with van der Waals surface area (Å²) in [7, 11) is -0.433. The van der Waals surface area contributed by atoms with Crippen molar-refractivity contribution in [3.8, 4) is 0 Å². The highest BCUT2D eigenvalue weighted by molar-refractivity contribution is 7.90. The molecule has 0 unspecified atom stereocenters. The summed E-state index contributed by atoms with van der Waals surface area (Å²) in [4.78, 5) is 4.80. The first kappa shape index (κ1) is 17.1. The molecule has 0 bridgehead atoms. The van der Waals surface area contributed by atoms with E-state index in [-0.39, 0.29) is 0 Å². The van der Waals surface area contributed by atoms with Crippen LogP contribution in [-0.2, 0) is 10.2 Å². The minimum absolute atomic E-state index is 0.582. The van der Waals surface area contributed by atoms with Crippen molar-refractivity contribution in [3.05, 3.63) is 24.3 Å². The molecule has 22 heavy (non-hydrogen) atoms. The van der Waals surface area contributed by atoms with Gasteiger partial charge in [0.25, 0.3) is 0 Å². The van der Waals surface area contributed by atoms with Gasteiger partial charge in [-0.2, -0.15) is 12.7 Å². The van der Waals surface area contributed by atoms with E-state index in [1.54, 1.807) is 0 Å². The minimum atomic E-state index is -3.44. The number of rotatable bonds is 5. The lowest BCUT2D eigenvalue weighted by molar-refractivity contribution is 0.209. The third-order valence-corrected chi connectivity index (χ3v) is 5.46. The Labute approximate surface area is 133 Å². The predicted molar refractivity (Wildman–Crippen MR) is 91.6 cm³/mol. The van der Waals surface area contributed by atoms with E-state index in [2.05, 4.69) is 28.4 Å². The molecule has 0 saturated carbocycles. The standard InChI is InChI=1S/C15H26N4O2S/c1-13(2)18-9-11-19(12-10-18)15-7-5-14(6-8-15)16-22(20,21)17(3)4/h5-8,13,16H,9-12H2,1-4H3. The van der Waals surface area contributed by atoms with E-state index in [9.17, 15) is 8.42 Å². The molecule has 1 N–H and O–H groups in total. The number of benzene rings is 1. The summed E-state index contributed by atoms with van der Waals surface area (Å²) in [6.07, 6.45) is 0. The van der Waals surface area contributed by atoms with Crippen LogP contribution in [0.4, 0.5) is 11.4 Å². The van der Waals surface area contributed by atoms with Gasteiger partial charge in [0, 0.05) is 57.7 Å². The van der Waals surface area contributed by atoms with E-state index in [1.807, 2.05) is 24.3 Å². The molecule has 1 aromatic carbocycles. The first-order chi connectivity index (χ1) is 10.3. The lowest BCUT2D eigenvalue weighted by Crippen LogP contribution is -2.48. The second kappa shape index (κ2) is 6.85. The Morgan fingerprint density at radius 1 is 1.05 bits per heavy atom. The van der Waals surface area contributed by atoms with Gasteiger partial charge in [-0.1, -0.05) is 0 Å². The Morgan fingerprint density at radius 2 is 1.59 bits per heavy atom. The summed E-state index contributed by atoms with van der Waals surface area (Å²) in [6, 6.07) is 8.15. The average molecular weight is 326 g/mol. The second-order valence-corrected chi connectivity index (χ2v) is 7.94. The van der Waals surface area contributed by atoms with Crippen LogP contribution in [0.3, 0.4) is 0 Å². The maximum Gasteiger partial charge on any atom is 0.301 e. The fraction of sp³-hybridized carbons (Fsp3) is 0.600. The summed E-state index contributed by atoms with van der Waals surface area (Å²) < 4.78 is 27.3. The minimum Gasteiger partial charge on any atom is -0.369 e. The molecule has 0 aliphatic carbocycles. The van der Waals surface area contributed by atoms with Crippen LogP contribution in [0.15, 0.2) is 24.3 Å². The summed E-state index contributed by atoms with van der Waals surface area (Å²) in [6.45, 7) is 8.57. The first-order valence-electron chi connectivity index (χ1n) is 7.59. The SMILES string of the molecule is CC(C)N1CCN(c2ccc(NS(=O)(=O)N(C)C)cc2)CC1. The summed E-state index contributed by atoms with van der Waals surface area (Å²) in [5.74, 6) is 0. The van der Waals surface area contributed by atoms with Crippen LogP contribution >= 0.6 is 0 Å². The second-order valence-electron chi connectivity index (χ2n) is 6.05. The van der Waals surface area contributed by atoms with Crippen LogP contribution in [0.2, 0.25) is 0 Å². The van der Waals surface area contributed by atoms with Crippen molar-refractivity contribution >= 4 is 21.6 Å². The molecule has 1 heterocycles. The van der Waals surface area contributed by atoms with Gasteiger partial charge in [0.1, 0.15) is 0 Å². The summed E-state index contributed by atoms with van der Waals surface area (Å²) >= 11 is 0. The maximum absolute atomic E-state index is 11.8. The lowest BCUT2D eigenvalue weighted by atomic mass is 10.2. The highest BCUT2D eigenvalue weighted by Gasteiger charge is 2.19. The van der Waals surface area contributed by atoms with Gasteiger partial charge in [0.05, 0.1) is 0 Å². The van der Waals surface area contributed by atoms with E-state index in [0.717, 1.165) is 36.2 Å². The Hall–Kier alpha value is -1.31. The Balaban J connectivity index is 1.98. The number of piperazine rings is 1. The number of nitrogens with one attached hydrogen (secondary N) is 1. The first-order valence-corrected chi connectivity index (χ1v) is 9.03. The molecule has 1 saturated heterocycles. The van der Waals surface area contributed by atoms with Gasteiger partial charge in [0.15, 0.2) is 0 Å². The smallest absolute Gasteiger partial charge is 0.301 e. The summed E-state index contributed by atoms with van der Waals surface area (Å²) in [5, 5.41) is 0. The molecule has 1 aliphatic heterocycles. The van der Waals surface area contributed by atoms with Crippen LogP contribution in [0.25, 0.3) is 0 Å². The van der Waals surface area contributed by atoms with Crippen molar-refractivity contribution in [2.75, 3.05) is 49.9 Å². The Bertz CT molecular complexity index is 576. The van der Waals surface area contributed by atoms with Crippen LogP contribution in [0, 0.1) is 0 Å². The van der Waals surface area contributed by atoms with Crippen LogP contribution in [0.5, 0.6) is 0 Å². The van der Waals surface area contributed by atoms with Crippen molar-refractivity contribution in [2.45, 2.75) is 19.9 Å². The largest absolute Gasteiger partial charge is 0.369 e. The monoisotopic (exact) mass is 326 g/mol. The van der Waals surface area contributed by atoms with Crippen molar-refractivity contribution in [1.82, 2.24) is 9.21 Å². The predicted octanol–water partition coefficient (Wildman–Crippen LogP) is 1.44. The zero-order chi connectivity index (χ0) is 16.3. The molecule has 0 amide bonds. The normalized spacial score (nSPS) is 17.3. The van der Waals surface area contributed by atoms with Crippen molar-refractivity contribution in [3.63, 3.8) is 0 Å². The quantitative estimate of drug-likeness (QED) is 0.889. The zero-order valence-electron chi connectivity index (χ0n) is 13.8. The van der Waals surface area contributed by atoms with Crippen molar-refractivity contribution in [1.29, 1.82) is 0 Å². The van der Waals surface area contributed by atoms with Crippen molar-refractivity contribution in [2.24, 2.45) is 0 Å². The molecule has 1 aromatic rings. The van der Waals surface area contributed by atoms with Crippen molar-refractivity contribution < 1.29 is 8.42 Å². The van der Waals surface area contributed by atoms with E-state index < -0.39 is 10.2 Å². The molecule has 7 heteroatoms. The van der Waals surface area contributed by atoms with Gasteiger partial charge in [-0.3, -0.25) is 9.62 Å². The fourth-order valence-corrected chi connectivity index (χ4v) is 3.09. The number of hydrogen-bond acceptors (Lipinski definition) is 4. The lowest BCUT2D eigenvalue weighted by Gasteiger charge is -2.38. The molecular formula is C15H26N4O2S. The van der Waals surface area contributed by atoms with Crippen LogP contribution < -0.4 is 9.62 Å². The van der Waals surface area contributed by atoms with Gasteiger partial charge in [-0.25, -0.2) is 0 Å². The highest BCUT2D eigenvalue weighted by atomic mass is 32.2. The van der Waals surface area contributed by atoms with E-state index in [1.165, 1.54) is 14.1 Å². The molecule has 1 fully saturated rings. The molecule has 0 radical (unpaired) electrons. The molecular weight excluding hydrogens is 300 g/mol. The fourth-order valence-electron chi connectivity index (χ4n) is 2.48. The molecule has 0 atom stereocenters. The Morgan fingerprint density at radius 3 is 2.05 bits per heavy atom. The molecule has 0 aromatic heterocycles. The number of nitrogens with zero attached hydrogens (tertiary/aromatic N) is 3. The third kappa shape index (κ3) is 4.12. The van der Waals surface area contributed by atoms with Gasteiger partial charge in [0.2, 0.25) is 0 Å².